The molecule has 0 aromatic carbocycles. The van der Waals surface area contributed by atoms with E-state index in [1.807, 2.05) is 0 Å². The molecule has 0 aromatic rings. The van der Waals surface area contributed by atoms with Crippen LogP contribution in [0.3, 0.4) is 0 Å². The lowest BCUT2D eigenvalue weighted by atomic mass is 9.78. The highest BCUT2D eigenvalue weighted by Gasteiger charge is 2.30. The summed E-state index contributed by atoms with van der Waals surface area (Å²) < 4.78 is 0.315. The normalized spacial score (nSPS) is 25.2. The van der Waals surface area contributed by atoms with Crippen molar-refractivity contribution in [3.63, 3.8) is 0 Å². The van der Waals surface area contributed by atoms with Crippen LogP contribution in [-0.4, -0.2) is 4.75 Å². The lowest BCUT2D eigenvalue weighted by Crippen LogP contribution is -2.30. The molecule has 1 atom stereocenters. The Bertz CT molecular complexity index is 123. The number of rotatable bonds is 3. The lowest BCUT2D eigenvalue weighted by molar-refractivity contribution is 0.281. The largest absolute Gasteiger partial charge is 0.173 e. The summed E-state index contributed by atoms with van der Waals surface area (Å²) in [6, 6.07) is 0. The molecule has 1 fully saturated rings. The predicted molar refractivity (Wildman–Crippen MR) is 58.9 cm³/mol. The van der Waals surface area contributed by atoms with Crippen molar-refractivity contribution in [2.75, 3.05) is 0 Å². The first kappa shape index (κ1) is 10.4. The SMILES string of the molecule is CCCC(C)(S)C1CCCCC1. The Morgan fingerprint density at radius 2 is 1.83 bits per heavy atom. The summed E-state index contributed by atoms with van der Waals surface area (Å²) in [5.41, 5.74) is 0. The molecule has 1 unspecified atom stereocenters. The van der Waals surface area contributed by atoms with Crippen LogP contribution in [0.25, 0.3) is 0 Å². The summed E-state index contributed by atoms with van der Waals surface area (Å²) in [5.74, 6) is 0.884. The van der Waals surface area contributed by atoms with E-state index in [2.05, 4.69) is 13.8 Å². The fourth-order valence-corrected chi connectivity index (χ4v) is 2.92. The molecule has 0 bridgehead atoms. The van der Waals surface area contributed by atoms with Gasteiger partial charge in [-0.05, 0) is 25.2 Å². The van der Waals surface area contributed by atoms with E-state index in [-0.39, 0.29) is 0 Å². The first-order chi connectivity index (χ1) is 5.67. The molecule has 0 nitrogen and oxygen atoms in total. The topological polar surface area (TPSA) is 0 Å². The molecule has 1 aliphatic carbocycles. The highest BCUT2D eigenvalue weighted by atomic mass is 32.1. The molecule has 12 heavy (non-hydrogen) atoms. The summed E-state index contributed by atoms with van der Waals surface area (Å²) in [6.07, 6.45) is 9.71. The van der Waals surface area contributed by atoms with Gasteiger partial charge in [-0.15, -0.1) is 0 Å². The summed E-state index contributed by atoms with van der Waals surface area (Å²) in [5, 5.41) is 0. The van der Waals surface area contributed by atoms with Gasteiger partial charge in [-0.1, -0.05) is 39.5 Å². The van der Waals surface area contributed by atoms with Crippen LogP contribution in [0.4, 0.5) is 0 Å². The van der Waals surface area contributed by atoms with E-state index >= 15 is 0 Å². The van der Waals surface area contributed by atoms with Gasteiger partial charge >= 0.3 is 0 Å². The van der Waals surface area contributed by atoms with E-state index < -0.39 is 0 Å². The Kier molecular flexibility index (Phi) is 3.95. The zero-order valence-electron chi connectivity index (χ0n) is 8.47. The van der Waals surface area contributed by atoms with Crippen molar-refractivity contribution in [2.45, 2.75) is 63.5 Å². The zero-order valence-corrected chi connectivity index (χ0v) is 9.37. The third-order valence-corrected chi connectivity index (χ3v) is 3.83. The molecular formula is C11H22S. The molecule has 0 aliphatic heterocycles. The maximum absolute atomic E-state index is 4.81. The molecule has 0 saturated heterocycles. The molecule has 1 rings (SSSR count). The molecular weight excluding hydrogens is 164 g/mol. The van der Waals surface area contributed by atoms with Gasteiger partial charge in [-0.3, -0.25) is 0 Å². The Morgan fingerprint density at radius 3 is 2.33 bits per heavy atom. The molecule has 1 heteroatoms. The quantitative estimate of drug-likeness (QED) is 0.631. The minimum atomic E-state index is 0.315. The molecule has 0 amide bonds. The second-order valence-corrected chi connectivity index (χ2v) is 5.46. The third-order valence-electron chi connectivity index (χ3n) is 3.24. The molecule has 72 valence electrons. The second-order valence-electron chi connectivity index (χ2n) is 4.44. The lowest BCUT2D eigenvalue weighted by Gasteiger charge is -2.36. The number of thiol groups is 1. The first-order valence-electron chi connectivity index (χ1n) is 5.39. The zero-order chi connectivity index (χ0) is 9.03. The highest BCUT2D eigenvalue weighted by molar-refractivity contribution is 7.81. The van der Waals surface area contributed by atoms with Crippen LogP contribution in [-0.2, 0) is 0 Å². The molecule has 0 spiro atoms. The van der Waals surface area contributed by atoms with Gasteiger partial charge in [-0.2, -0.15) is 12.6 Å². The summed E-state index contributed by atoms with van der Waals surface area (Å²) in [7, 11) is 0. The van der Waals surface area contributed by atoms with Crippen molar-refractivity contribution in [1.82, 2.24) is 0 Å². The van der Waals surface area contributed by atoms with E-state index in [0.717, 1.165) is 5.92 Å². The Morgan fingerprint density at radius 1 is 1.25 bits per heavy atom. The van der Waals surface area contributed by atoms with E-state index in [9.17, 15) is 0 Å². The second kappa shape index (κ2) is 4.55. The molecule has 0 aromatic heterocycles. The van der Waals surface area contributed by atoms with Crippen LogP contribution < -0.4 is 0 Å². The van der Waals surface area contributed by atoms with Gasteiger partial charge in [0.1, 0.15) is 0 Å². The fourth-order valence-electron chi connectivity index (χ4n) is 2.43. The Labute approximate surface area is 82.5 Å². The number of hydrogen-bond acceptors (Lipinski definition) is 1. The van der Waals surface area contributed by atoms with Crippen LogP contribution >= 0.6 is 12.6 Å². The van der Waals surface area contributed by atoms with E-state index in [1.54, 1.807) is 0 Å². The average molecular weight is 186 g/mol. The maximum atomic E-state index is 4.81. The molecule has 1 saturated carbocycles. The molecule has 0 radical (unpaired) electrons. The summed E-state index contributed by atoms with van der Waals surface area (Å²) in [6.45, 7) is 4.59. The highest BCUT2D eigenvalue weighted by Crippen LogP contribution is 2.39. The summed E-state index contributed by atoms with van der Waals surface area (Å²) in [4.78, 5) is 0. The van der Waals surface area contributed by atoms with E-state index in [0.29, 0.717) is 4.75 Å². The van der Waals surface area contributed by atoms with Crippen molar-refractivity contribution in [3.05, 3.63) is 0 Å². The van der Waals surface area contributed by atoms with Gasteiger partial charge in [0, 0.05) is 4.75 Å². The molecule has 1 aliphatic rings. The van der Waals surface area contributed by atoms with Crippen LogP contribution in [0.1, 0.15) is 58.8 Å². The van der Waals surface area contributed by atoms with Crippen molar-refractivity contribution in [3.8, 4) is 0 Å². The average Bonchev–Trinajstić information content (AvgIpc) is 2.06. The summed E-state index contributed by atoms with van der Waals surface area (Å²) >= 11 is 4.81. The molecule has 0 N–H and O–H groups in total. The maximum Gasteiger partial charge on any atom is 0.0129 e. The van der Waals surface area contributed by atoms with E-state index in [1.165, 1.54) is 44.9 Å². The third kappa shape index (κ3) is 2.69. The Hall–Kier alpha value is 0.350. The fraction of sp³-hybridized carbons (Fsp3) is 1.00. The van der Waals surface area contributed by atoms with Gasteiger partial charge in [0.05, 0.1) is 0 Å². The predicted octanol–water partition coefficient (Wildman–Crippen LogP) is 4.06. The van der Waals surface area contributed by atoms with E-state index in [4.69, 9.17) is 12.6 Å². The van der Waals surface area contributed by atoms with Crippen LogP contribution in [0.2, 0.25) is 0 Å². The monoisotopic (exact) mass is 186 g/mol. The first-order valence-corrected chi connectivity index (χ1v) is 5.84. The van der Waals surface area contributed by atoms with Crippen molar-refractivity contribution in [1.29, 1.82) is 0 Å². The Balaban J connectivity index is 2.41. The minimum absolute atomic E-state index is 0.315. The standard InChI is InChI=1S/C11H22S/c1-3-9-11(2,12)10-7-5-4-6-8-10/h10,12H,3-9H2,1-2H3. The van der Waals surface area contributed by atoms with Crippen molar-refractivity contribution >= 4 is 12.6 Å². The van der Waals surface area contributed by atoms with Crippen LogP contribution in [0, 0.1) is 5.92 Å². The van der Waals surface area contributed by atoms with Crippen molar-refractivity contribution in [2.24, 2.45) is 5.92 Å². The minimum Gasteiger partial charge on any atom is -0.173 e. The van der Waals surface area contributed by atoms with Crippen molar-refractivity contribution < 1.29 is 0 Å². The van der Waals surface area contributed by atoms with Gasteiger partial charge in [0.2, 0.25) is 0 Å². The smallest absolute Gasteiger partial charge is 0.0129 e. The number of hydrogen-bond donors (Lipinski definition) is 1. The van der Waals surface area contributed by atoms with Crippen LogP contribution in [0.15, 0.2) is 0 Å². The van der Waals surface area contributed by atoms with Gasteiger partial charge in [-0.25, -0.2) is 0 Å². The van der Waals surface area contributed by atoms with Crippen LogP contribution in [0.5, 0.6) is 0 Å². The van der Waals surface area contributed by atoms with Gasteiger partial charge < -0.3 is 0 Å². The molecule has 0 heterocycles. The van der Waals surface area contributed by atoms with Gasteiger partial charge in [0.25, 0.3) is 0 Å². The van der Waals surface area contributed by atoms with Gasteiger partial charge in [0.15, 0.2) is 0 Å².